The van der Waals surface area contributed by atoms with E-state index in [2.05, 4.69) is 86.1 Å². The molecule has 126 valence electrons. The number of rotatable bonds is 3. The van der Waals surface area contributed by atoms with Crippen LogP contribution in [0, 0.1) is 6.92 Å². The Morgan fingerprint density at radius 2 is 1.76 bits per heavy atom. The number of benzene rings is 2. The summed E-state index contributed by atoms with van der Waals surface area (Å²) in [5, 5.41) is 2.35. The molecule has 0 spiro atoms. The van der Waals surface area contributed by atoms with Gasteiger partial charge in [-0.3, -0.25) is 0 Å². The van der Waals surface area contributed by atoms with Crippen LogP contribution in [0.1, 0.15) is 15.6 Å². The average Bonchev–Trinajstić information content (AvgIpc) is 3.13. The molecule has 0 radical (unpaired) electrons. The first kappa shape index (κ1) is 16.2. The monoisotopic (exact) mass is 366 g/mol. The topological polar surface area (TPSA) is 20.0 Å². The lowest BCUT2D eigenvalue weighted by Crippen LogP contribution is -2.28. The Labute approximate surface area is 155 Å². The van der Waals surface area contributed by atoms with Crippen molar-refractivity contribution in [2.75, 3.05) is 19.0 Å². The van der Waals surface area contributed by atoms with Crippen LogP contribution in [-0.4, -0.2) is 19.1 Å². The van der Waals surface area contributed by atoms with E-state index in [0.717, 1.165) is 10.5 Å². The summed E-state index contributed by atoms with van der Waals surface area (Å²) in [6.45, 7) is 2.07. The first-order valence-electron chi connectivity index (χ1n) is 8.17. The largest absolute Gasteiger partial charge is 0.378 e. The van der Waals surface area contributed by atoms with Crippen molar-refractivity contribution in [3.8, 4) is 0 Å². The Bertz CT molecular complexity index is 1090. The molecule has 0 aliphatic rings. The summed E-state index contributed by atoms with van der Waals surface area (Å²) in [6, 6.07) is 13.0. The predicted octanol–water partition coefficient (Wildman–Crippen LogP) is 4.88. The average molecular weight is 367 g/mol. The summed E-state index contributed by atoms with van der Waals surface area (Å²) in [7, 11) is 6.24. The zero-order valence-electron chi connectivity index (χ0n) is 14.8. The van der Waals surface area contributed by atoms with Crippen LogP contribution >= 0.6 is 22.7 Å². The van der Waals surface area contributed by atoms with Gasteiger partial charge in [0, 0.05) is 31.9 Å². The lowest BCUT2D eigenvalue weighted by atomic mass is 10.2. The van der Waals surface area contributed by atoms with Crippen LogP contribution in [0.4, 0.5) is 5.69 Å². The highest BCUT2D eigenvalue weighted by molar-refractivity contribution is 7.22. The normalized spacial score (nSPS) is 11.8. The molecular weight excluding hydrogens is 346 g/mol. The summed E-state index contributed by atoms with van der Waals surface area (Å²) < 4.78 is 4.78. The van der Waals surface area contributed by atoms with E-state index in [9.17, 15) is 0 Å². The van der Waals surface area contributed by atoms with Crippen molar-refractivity contribution in [1.82, 2.24) is 4.98 Å². The minimum absolute atomic E-state index is 1.12. The van der Waals surface area contributed by atoms with E-state index >= 15 is 0 Å². The summed E-state index contributed by atoms with van der Waals surface area (Å²) in [5.74, 6) is 0. The summed E-state index contributed by atoms with van der Waals surface area (Å²) in [5.41, 5.74) is 4.80. The number of aryl methyl sites for hydroxylation is 2. The van der Waals surface area contributed by atoms with Crippen LogP contribution in [0.2, 0.25) is 0 Å². The van der Waals surface area contributed by atoms with Gasteiger partial charge in [0.05, 0.1) is 9.71 Å². The van der Waals surface area contributed by atoms with E-state index in [1.165, 1.54) is 31.2 Å². The molecule has 0 aliphatic carbocycles. The summed E-state index contributed by atoms with van der Waals surface area (Å²) >= 11 is 3.57. The van der Waals surface area contributed by atoms with E-state index in [4.69, 9.17) is 4.98 Å². The van der Waals surface area contributed by atoms with Gasteiger partial charge in [0.25, 0.3) is 5.01 Å². The Balaban J connectivity index is 1.73. The van der Waals surface area contributed by atoms with Crippen LogP contribution in [0.3, 0.4) is 0 Å². The van der Waals surface area contributed by atoms with Crippen molar-refractivity contribution in [3.05, 3.63) is 52.0 Å². The molecule has 5 heteroatoms. The molecule has 0 aliphatic heterocycles. The molecule has 0 saturated heterocycles. The molecule has 0 fully saturated rings. The quantitative estimate of drug-likeness (QED) is 0.482. The number of thiazole rings is 2. The van der Waals surface area contributed by atoms with Crippen molar-refractivity contribution in [2.24, 2.45) is 7.05 Å². The molecule has 0 atom stereocenters. The molecule has 2 heterocycles. The maximum Gasteiger partial charge on any atom is 0.262 e. The summed E-state index contributed by atoms with van der Waals surface area (Å²) in [4.78, 5) is 6.84. The molecule has 2 aromatic heterocycles. The van der Waals surface area contributed by atoms with Gasteiger partial charge in [-0.25, -0.2) is 4.98 Å². The SMILES string of the molecule is Cc1nc2c(ccc3c2sc(/C=C/c2ccc(N(C)C)cc2)[n+]3C)s1. The minimum Gasteiger partial charge on any atom is -0.378 e. The second-order valence-corrected chi connectivity index (χ2v) is 8.58. The third-order valence-corrected chi connectivity index (χ3v) is 6.49. The molecule has 0 bridgehead atoms. The Morgan fingerprint density at radius 3 is 2.48 bits per heavy atom. The molecule has 25 heavy (non-hydrogen) atoms. The zero-order chi connectivity index (χ0) is 17.6. The van der Waals surface area contributed by atoms with Crippen molar-refractivity contribution in [1.29, 1.82) is 0 Å². The molecule has 4 aromatic rings. The van der Waals surface area contributed by atoms with Gasteiger partial charge >= 0.3 is 0 Å². The predicted molar refractivity (Wildman–Crippen MR) is 111 cm³/mol. The second-order valence-electron chi connectivity index (χ2n) is 6.31. The fraction of sp³-hybridized carbons (Fsp3) is 0.200. The van der Waals surface area contributed by atoms with Crippen molar-refractivity contribution in [2.45, 2.75) is 6.92 Å². The molecule has 0 unspecified atom stereocenters. The molecule has 3 nitrogen and oxygen atoms in total. The van der Waals surface area contributed by atoms with Gasteiger partial charge in [0.15, 0.2) is 0 Å². The van der Waals surface area contributed by atoms with Crippen LogP contribution in [0.5, 0.6) is 0 Å². The Kier molecular flexibility index (Phi) is 4.06. The fourth-order valence-corrected chi connectivity index (χ4v) is 4.97. The highest BCUT2D eigenvalue weighted by atomic mass is 32.1. The van der Waals surface area contributed by atoms with Crippen LogP contribution < -0.4 is 9.47 Å². The molecule has 0 amide bonds. The number of nitrogens with zero attached hydrogens (tertiary/aromatic N) is 3. The lowest BCUT2D eigenvalue weighted by Gasteiger charge is -2.11. The Hall–Kier alpha value is -2.24. The van der Waals surface area contributed by atoms with E-state index in [1.807, 2.05) is 0 Å². The van der Waals surface area contributed by atoms with Gasteiger partial charge in [-0.15, -0.1) is 11.3 Å². The fourth-order valence-electron chi connectivity index (χ4n) is 2.92. The van der Waals surface area contributed by atoms with Gasteiger partial charge in [-0.1, -0.05) is 23.5 Å². The highest BCUT2D eigenvalue weighted by Crippen LogP contribution is 2.32. The number of fused-ring (bicyclic) bond motifs is 3. The third-order valence-electron chi connectivity index (χ3n) is 4.33. The minimum atomic E-state index is 1.12. The van der Waals surface area contributed by atoms with Crippen LogP contribution in [-0.2, 0) is 7.05 Å². The van der Waals surface area contributed by atoms with Gasteiger partial charge in [-0.05, 0) is 36.8 Å². The van der Waals surface area contributed by atoms with Gasteiger partial charge in [0.1, 0.15) is 17.3 Å². The zero-order valence-corrected chi connectivity index (χ0v) is 16.4. The van der Waals surface area contributed by atoms with Gasteiger partial charge in [-0.2, -0.15) is 4.57 Å². The van der Waals surface area contributed by atoms with E-state index in [0.29, 0.717) is 0 Å². The van der Waals surface area contributed by atoms with Crippen molar-refractivity contribution in [3.63, 3.8) is 0 Å². The number of hydrogen-bond donors (Lipinski definition) is 0. The summed E-state index contributed by atoms with van der Waals surface area (Å²) in [6.07, 6.45) is 4.37. The molecular formula is C20H20N3S2+. The smallest absolute Gasteiger partial charge is 0.262 e. The molecule has 0 saturated carbocycles. The molecule has 4 rings (SSSR count). The molecule has 2 aromatic carbocycles. The van der Waals surface area contributed by atoms with Crippen molar-refractivity contribution >= 4 is 60.9 Å². The van der Waals surface area contributed by atoms with E-state index < -0.39 is 0 Å². The van der Waals surface area contributed by atoms with Crippen molar-refractivity contribution < 1.29 is 4.57 Å². The van der Waals surface area contributed by atoms with Gasteiger partial charge in [0.2, 0.25) is 5.52 Å². The number of aromatic nitrogens is 2. The van der Waals surface area contributed by atoms with E-state index in [-0.39, 0.29) is 0 Å². The molecule has 0 N–H and O–H groups in total. The Morgan fingerprint density at radius 1 is 1.00 bits per heavy atom. The maximum absolute atomic E-state index is 4.73. The van der Waals surface area contributed by atoms with Crippen LogP contribution in [0.25, 0.3) is 32.6 Å². The lowest BCUT2D eigenvalue weighted by molar-refractivity contribution is -0.642. The number of hydrogen-bond acceptors (Lipinski definition) is 4. The van der Waals surface area contributed by atoms with E-state index in [1.54, 1.807) is 22.7 Å². The van der Waals surface area contributed by atoms with Gasteiger partial charge < -0.3 is 4.90 Å². The first-order valence-corrected chi connectivity index (χ1v) is 9.80. The third kappa shape index (κ3) is 2.94. The highest BCUT2D eigenvalue weighted by Gasteiger charge is 2.18. The number of anilines is 1. The maximum atomic E-state index is 4.73. The second kappa shape index (κ2) is 6.24. The first-order chi connectivity index (χ1) is 12.0. The standard InChI is InChI=1S/C20H20N3S2/c1-13-21-19-17(24-13)11-10-16-20(19)25-18(23(16)4)12-7-14-5-8-15(9-6-14)22(2)3/h5-12H,1-4H3/q+1. The van der Waals surface area contributed by atoms with Crippen LogP contribution in [0.15, 0.2) is 36.4 Å².